The lowest BCUT2D eigenvalue weighted by Gasteiger charge is -2.36. The first kappa shape index (κ1) is 11.4. The highest BCUT2D eigenvalue weighted by molar-refractivity contribution is 6.32. The lowest BCUT2D eigenvalue weighted by molar-refractivity contribution is -0.161. The second-order valence-electron chi connectivity index (χ2n) is 4.30. The van der Waals surface area contributed by atoms with Crippen LogP contribution >= 0.6 is 0 Å². The summed E-state index contributed by atoms with van der Waals surface area (Å²) in [4.78, 5) is 27.0. The molecule has 2 heterocycles. The third kappa shape index (κ3) is 2.19. The number of rotatable bonds is 1. The van der Waals surface area contributed by atoms with Gasteiger partial charge in [0, 0.05) is 25.7 Å². The third-order valence-electron chi connectivity index (χ3n) is 3.32. The van der Waals surface area contributed by atoms with E-state index in [1.165, 1.54) is 6.42 Å². The largest absolute Gasteiger partial charge is 0.459 e. The van der Waals surface area contributed by atoms with Crippen LogP contribution in [0.5, 0.6) is 0 Å². The monoisotopic (exact) mass is 226 g/mol. The zero-order valence-corrected chi connectivity index (χ0v) is 9.65. The fraction of sp³-hybridized carbons (Fsp3) is 0.818. The Kier molecular flexibility index (Phi) is 3.43. The van der Waals surface area contributed by atoms with Crippen LogP contribution in [0.2, 0.25) is 0 Å². The van der Waals surface area contributed by atoms with Gasteiger partial charge in [-0.05, 0) is 26.3 Å². The number of ether oxygens (including phenoxy) is 1. The van der Waals surface area contributed by atoms with Crippen LogP contribution < -0.4 is 0 Å². The van der Waals surface area contributed by atoms with Crippen molar-refractivity contribution in [1.29, 1.82) is 0 Å². The number of carbonyl (C=O) groups excluding carboxylic acids is 2. The second kappa shape index (κ2) is 4.82. The lowest BCUT2D eigenvalue weighted by atomic mass is 10.1. The molecule has 1 amide bonds. The Balaban J connectivity index is 1.90. The van der Waals surface area contributed by atoms with Crippen molar-refractivity contribution >= 4 is 11.9 Å². The summed E-state index contributed by atoms with van der Waals surface area (Å²) in [5, 5.41) is 0. The number of esters is 1. The van der Waals surface area contributed by atoms with Gasteiger partial charge in [-0.1, -0.05) is 0 Å². The molecular weight excluding hydrogens is 208 g/mol. The van der Waals surface area contributed by atoms with Crippen LogP contribution in [-0.4, -0.2) is 60.5 Å². The average Bonchev–Trinajstić information content (AvgIpc) is 2.75. The highest BCUT2D eigenvalue weighted by atomic mass is 16.5. The summed E-state index contributed by atoms with van der Waals surface area (Å²) in [7, 11) is 0. The molecule has 0 aromatic heterocycles. The van der Waals surface area contributed by atoms with Crippen LogP contribution in [0.1, 0.15) is 19.8 Å². The van der Waals surface area contributed by atoms with E-state index in [9.17, 15) is 9.59 Å². The molecule has 2 aliphatic rings. The van der Waals surface area contributed by atoms with Crippen molar-refractivity contribution in [1.82, 2.24) is 9.80 Å². The van der Waals surface area contributed by atoms with Gasteiger partial charge in [-0.3, -0.25) is 9.69 Å². The molecule has 0 N–H and O–H groups in total. The van der Waals surface area contributed by atoms with Gasteiger partial charge in [0.2, 0.25) is 0 Å². The van der Waals surface area contributed by atoms with Crippen LogP contribution in [0, 0.1) is 0 Å². The minimum absolute atomic E-state index is 0.258. The van der Waals surface area contributed by atoms with Gasteiger partial charge in [0.15, 0.2) is 0 Å². The van der Waals surface area contributed by atoms with E-state index in [1.807, 2.05) is 0 Å². The van der Waals surface area contributed by atoms with Crippen molar-refractivity contribution in [2.75, 3.05) is 32.8 Å². The van der Waals surface area contributed by atoms with Crippen molar-refractivity contribution in [3.8, 4) is 0 Å². The molecule has 5 heteroatoms. The average molecular weight is 226 g/mol. The molecule has 1 atom stereocenters. The molecule has 2 fully saturated rings. The van der Waals surface area contributed by atoms with Gasteiger partial charge in [0.05, 0.1) is 6.61 Å². The van der Waals surface area contributed by atoms with Crippen LogP contribution in [-0.2, 0) is 14.3 Å². The lowest BCUT2D eigenvalue weighted by Crippen LogP contribution is -2.53. The van der Waals surface area contributed by atoms with E-state index in [4.69, 9.17) is 4.74 Å². The van der Waals surface area contributed by atoms with Crippen molar-refractivity contribution in [2.24, 2.45) is 0 Å². The third-order valence-corrected chi connectivity index (χ3v) is 3.32. The molecule has 90 valence electrons. The summed E-state index contributed by atoms with van der Waals surface area (Å²) in [6, 6.07) is 0.451. The Morgan fingerprint density at radius 2 is 2.12 bits per heavy atom. The van der Waals surface area contributed by atoms with E-state index in [2.05, 4.69) is 4.90 Å². The summed E-state index contributed by atoms with van der Waals surface area (Å²) >= 11 is 0. The van der Waals surface area contributed by atoms with Crippen molar-refractivity contribution < 1.29 is 14.3 Å². The summed E-state index contributed by atoms with van der Waals surface area (Å²) in [6.45, 7) is 5.31. The topological polar surface area (TPSA) is 49.9 Å². The molecule has 0 aromatic rings. The molecule has 1 unspecified atom stereocenters. The summed E-state index contributed by atoms with van der Waals surface area (Å²) in [5.74, 6) is -1.19. The first-order valence-electron chi connectivity index (χ1n) is 5.92. The molecule has 5 nitrogen and oxygen atoms in total. The van der Waals surface area contributed by atoms with Gasteiger partial charge in [0.25, 0.3) is 0 Å². The van der Waals surface area contributed by atoms with Crippen LogP contribution in [0.25, 0.3) is 0 Å². The van der Waals surface area contributed by atoms with Gasteiger partial charge >= 0.3 is 11.9 Å². The molecule has 16 heavy (non-hydrogen) atoms. The van der Waals surface area contributed by atoms with E-state index in [-0.39, 0.29) is 6.61 Å². The summed E-state index contributed by atoms with van der Waals surface area (Å²) < 4.78 is 4.72. The number of carbonyl (C=O) groups is 2. The SMILES string of the molecule is CCOC(=O)C(=O)N1CCN2CCCC2C1. The number of piperazine rings is 1. The minimum atomic E-state index is -0.714. The Hall–Kier alpha value is -1.10. The predicted octanol–water partition coefficient (Wildman–Crippen LogP) is -0.144. The van der Waals surface area contributed by atoms with E-state index in [0.29, 0.717) is 19.1 Å². The van der Waals surface area contributed by atoms with Crippen LogP contribution in [0.4, 0.5) is 0 Å². The minimum Gasteiger partial charge on any atom is -0.459 e. The normalized spacial score (nSPS) is 25.3. The molecule has 2 aliphatic heterocycles. The maximum absolute atomic E-state index is 11.7. The predicted molar refractivity (Wildman–Crippen MR) is 57.8 cm³/mol. The number of fused-ring (bicyclic) bond motifs is 1. The van der Waals surface area contributed by atoms with E-state index >= 15 is 0 Å². The van der Waals surface area contributed by atoms with Gasteiger partial charge < -0.3 is 9.64 Å². The second-order valence-corrected chi connectivity index (χ2v) is 4.30. The molecule has 0 aromatic carbocycles. The molecule has 2 saturated heterocycles. The zero-order chi connectivity index (χ0) is 11.5. The Labute approximate surface area is 95.3 Å². The Morgan fingerprint density at radius 3 is 2.88 bits per heavy atom. The smallest absolute Gasteiger partial charge is 0.397 e. The first-order chi connectivity index (χ1) is 7.72. The van der Waals surface area contributed by atoms with E-state index in [0.717, 1.165) is 19.5 Å². The maximum Gasteiger partial charge on any atom is 0.397 e. The summed E-state index contributed by atoms with van der Waals surface area (Å²) in [5.41, 5.74) is 0. The van der Waals surface area contributed by atoms with Crippen LogP contribution in [0.3, 0.4) is 0 Å². The number of hydrogen-bond donors (Lipinski definition) is 0. The van der Waals surface area contributed by atoms with Crippen molar-refractivity contribution in [2.45, 2.75) is 25.8 Å². The van der Waals surface area contributed by atoms with E-state index < -0.39 is 11.9 Å². The Morgan fingerprint density at radius 1 is 1.31 bits per heavy atom. The van der Waals surface area contributed by atoms with E-state index in [1.54, 1.807) is 11.8 Å². The fourth-order valence-corrected chi connectivity index (χ4v) is 2.50. The number of amides is 1. The fourth-order valence-electron chi connectivity index (χ4n) is 2.50. The molecule has 0 aliphatic carbocycles. The molecule has 0 saturated carbocycles. The molecule has 0 bridgehead atoms. The quantitative estimate of drug-likeness (QED) is 0.461. The highest BCUT2D eigenvalue weighted by Crippen LogP contribution is 2.21. The van der Waals surface area contributed by atoms with Gasteiger partial charge in [-0.25, -0.2) is 4.79 Å². The van der Waals surface area contributed by atoms with Gasteiger partial charge in [0.1, 0.15) is 0 Å². The molecular formula is C11H18N2O3. The summed E-state index contributed by atoms with van der Waals surface area (Å²) in [6.07, 6.45) is 2.33. The van der Waals surface area contributed by atoms with Crippen molar-refractivity contribution in [3.63, 3.8) is 0 Å². The molecule has 0 radical (unpaired) electrons. The van der Waals surface area contributed by atoms with Crippen molar-refractivity contribution in [3.05, 3.63) is 0 Å². The number of hydrogen-bond acceptors (Lipinski definition) is 4. The van der Waals surface area contributed by atoms with Gasteiger partial charge in [-0.2, -0.15) is 0 Å². The van der Waals surface area contributed by atoms with Crippen LogP contribution in [0.15, 0.2) is 0 Å². The maximum atomic E-state index is 11.7. The van der Waals surface area contributed by atoms with Gasteiger partial charge in [-0.15, -0.1) is 0 Å². The first-order valence-corrected chi connectivity index (χ1v) is 5.92. The zero-order valence-electron chi connectivity index (χ0n) is 9.65. The number of nitrogens with zero attached hydrogens (tertiary/aromatic N) is 2. The molecule has 2 rings (SSSR count). The molecule has 0 spiro atoms. The highest BCUT2D eigenvalue weighted by Gasteiger charge is 2.34. The standard InChI is InChI=1S/C11H18N2O3/c1-2-16-11(15)10(14)13-7-6-12-5-3-4-9(12)8-13/h9H,2-8H2,1H3. The Bertz CT molecular complexity index is 293.